The lowest BCUT2D eigenvalue weighted by Crippen LogP contribution is -2.05. The van der Waals surface area contributed by atoms with Crippen molar-refractivity contribution < 1.29 is 0 Å². The van der Waals surface area contributed by atoms with Crippen molar-refractivity contribution in [1.82, 2.24) is 25.3 Å². The average Bonchev–Trinajstić information content (AvgIpc) is 3.23. The molecule has 3 heterocycles. The van der Waals surface area contributed by atoms with Crippen LogP contribution in [0.2, 0.25) is 0 Å². The van der Waals surface area contributed by atoms with Gasteiger partial charge in [0, 0.05) is 63.6 Å². The fourth-order valence-corrected chi connectivity index (χ4v) is 7.02. The van der Waals surface area contributed by atoms with Gasteiger partial charge in [-0.05, 0) is 46.7 Å². The molecule has 6 aromatic carbocycles. The third-order valence-electron chi connectivity index (χ3n) is 9.66. The molecule has 0 bridgehead atoms. The van der Waals surface area contributed by atoms with Gasteiger partial charge in [-0.1, -0.05) is 127 Å². The molecule has 9 rings (SSSR count). The van der Waals surface area contributed by atoms with Gasteiger partial charge in [0.1, 0.15) is 0 Å². The highest BCUT2D eigenvalue weighted by molar-refractivity contribution is 6.00. The average molecular weight is 683 g/mol. The Hall–Kier alpha value is -7.18. The topological polar surface area (TPSA) is 89.6 Å². The van der Waals surface area contributed by atoms with Crippen molar-refractivity contribution in [2.75, 3.05) is 12.8 Å². The normalized spacial score (nSPS) is 11.7. The molecule has 0 aliphatic rings. The van der Waals surface area contributed by atoms with E-state index in [1.165, 1.54) is 10.8 Å². The highest BCUT2D eigenvalue weighted by atomic mass is 14.9. The van der Waals surface area contributed by atoms with Crippen molar-refractivity contribution in [3.05, 3.63) is 181 Å². The summed E-state index contributed by atoms with van der Waals surface area (Å²) in [5.41, 5.74) is 18.4. The van der Waals surface area contributed by atoms with Crippen LogP contribution in [0.4, 0.5) is 5.69 Å². The first-order chi connectivity index (χ1) is 26.1. The lowest BCUT2D eigenvalue weighted by Gasteiger charge is -2.16. The van der Waals surface area contributed by atoms with E-state index in [9.17, 15) is 0 Å². The molecule has 53 heavy (non-hydrogen) atoms. The Kier molecular flexibility index (Phi) is 8.10. The number of hydrogen-bond donors (Lipinski definition) is 2. The second kappa shape index (κ2) is 13.5. The molecule has 0 saturated heterocycles. The van der Waals surface area contributed by atoms with E-state index in [4.69, 9.17) is 25.7 Å². The first-order valence-corrected chi connectivity index (χ1v) is 17.6. The second-order valence-electron chi connectivity index (χ2n) is 13.0. The summed E-state index contributed by atoms with van der Waals surface area (Å²) in [7, 11) is 1.88. The summed E-state index contributed by atoms with van der Waals surface area (Å²) in [6, 6.07) is 53.9. The lowest BCUT2D eigenvalue weighted by molar-refractivity contribution is 1.09. The third-order valence-corrected chi connectivity index (χ3v) is 9.66. The molecule has 6 heteroatoms. The standard InChI is InChI=1S/C47H34N6/c1-49-29-40(39-23-21-33-22-24-41(51-46(33)44(39)48)36-20-19-30-10-5-6-13-34(30)26-36)43-28-42(31-11-3-2-4-12-31)52-47(53-43)37-16-7-15-35(27-37)38-18-8-14-32-17-9-25-50-45(32)38/h2-29,49H,48H2,1H3/b40-29+. The van der Waals surface area contributed by atoms with E-state index < -0.39 is 0 Å². The van der Waals surface area contributed by atoms with Gasteiger partial charge in [0.25, 0.3) is 0 Å². The molecule has 0 radical (unpaired) electrons. The zero-order valence-corrected chi connectivity index (χ0v) is 29.0. The Labute approximate surface area is 307 Å². The second-order valence-corrected chi connectivity index (χ2v) is 13.0. The quantitative estimate of drug-likeness (QED) is 0.163. The Bertz CT molecular complexity index is 2840. The number of pyridine rings is 2. The van der Waals surface area contributed by atoms with Crippen LogP contribution >= 0.6 is 0 Å². The number of rotatable bonds is 7. The lowest BCUT2D eigenvalue weighted by atomic mass is 9.97. The first-order valence-electron chi connectivity index (χ1n) is 17.6. The van der Waals surface area contributed by atoms with Crippen LogP contribution in [0.1, 0.15) is 11.3 Å². The summed E-state index contributed by atoms with van der Waals surface area (Å²) in [5.74, 6) is 0.606. The van der Waals surface area contributed by atoms with Crippen LogP contribution in [0.3, 0.4) is 0 Å². The molecule has 3 N–H and O–H groups in total. The van der Waals surface area contributed by atoms with E-state index in [2.05, 4.69) is 133 Å². The van der Waals surface area contributed by atoms with Gasteiger partial charge in [-0.3, -0.25) is 4.98 Å². The third kappa shape index (κ3) is 6.02. The van der Waals surface area contributed by atoms with E-state index in [-0.39, 0.29) is 0 Å². The summed E-state index contributed by atoms with van der Waals surface area (Å²) >= 11 is 0. The largest absolute Gasteiger partial charge is 0.396 e. The predicted molar refractivity (Wildman–Crippen MR) is 219 cm³/mol. The predicted octanol–water partition coefficient (Wildman–Crippen LogP) is 10.6. The van der Waals surface area contributed by atoms with E-state index in [0.29, 0.717) is 11.5 Å². The van der Waals surface area contributed by atoms with Crippen molar-refractivity contribution in [1.29, 1.82) is 0 Å². The Morgan fingerprint density at radius 2 is 1.25 bits per heavy atom. The van der Waals surface area contributed by atoms with Gasteiger partial charge in [-0.15, -0.1) is 0 Å². The number of aromatic nitrogens is 4. The number of benzene rings is 6. The van der Waals surface area contributed by atoms with Crippen LogP contribution in [0.15, 0.2) is 170 Å². The Balaban J connectivity index is 1.18. The molecule has 0 unspecified atom stereocenters. The van der Waals surface area contributed by atoms with Crippen LogP contribution in [-0.4, -0.2) is 27.0 Å². The number of nitrogens with zero attached hydrogens (tertiary/aromatic N) is 4. The van der Waals surface area contributed by atoms with Crippen molar-refractivity contribution in [2.45, 2.75) is 0 Å². The van der Waals surface area contributed by atoms with Gasteiger partial charge in [-0.25, -0.2) is 15.0 Å². The van der Waals surface area contributed by atoms with Gasteiger partial charge in [-0.2, -0.15) is 0 Å². The zero-order valence-electron chi connectivity index (χ0n) is 29.0. The number of nitrogens with one attached hydrogen (secondary N) is 1. The summed E-state index contributed by atoms with van der Waals surface area (Å²) in [6.45, 7) is 0. The minimum absolute atomic E-state index is 0.582. The molecule has 0 fully saturated rings. The minimum Gasteiger partial charge on any atom is -0.396 e. The SMILES string of the molecule is CN/C=C(/c1cc(-c2ccccc2)nc(-c2cccc(-c3cccc4cccnc34)c2)n1)c1ccc2ccc(-c3ccc4ccccc4c3)nc2c1N. The molecular formula is C47H34N6. The molecule has 9 aromatic rings. The molecule has 0 atom stereocenters. The van der Waals surface area contributed by atoms with Gasteiger partial charge < -0.3 is 11.1 Å². The summed E-state index contributed by atoms with van der Waals surface area (Å²) < 4.78 is 0. The van der Waals surface area contributed by atoms with Crippen LogP contribution in [0.25, 0.3) is 83.2 Å². The smallest absolute Gasteiger partial charge is 0.160 e. The van der Waals surface area contributed by atoms with Crippen LogP contribution in [0, 0.1) is 0 Å². The molecule has 0 aliphatic carbocycles. The molecule has 0 aliphatic heterocycles. The maximum Gasteiger partial charge on any atom is 0.160 e. The number of nitrogen functional groups attached to an aromatic ring is 1. The summed E-state index contributed by atoms with van der Waals surface area (Å²) in [6.07, 6.45) is 3.78. The number of para-hydroxylation sites is 1. The fraction of sp³-hybridized carbons (Fsp3) is 0.0213. The van der Waals surface area contributed by atoms with Crippen LogP contribution < -0.4 is 11.1 Å². The van der Waals surface area contributed by atoms with E-state index in [1.54, 1.807) is 0 Å². The van der Waals surface area contributed by atoms with Gasteiger partial charge >= 0.3 is 0 Å². The van der Waals surface area contributed by atoms with E-state index in [0.717, 1.165) is 77.8 Å². The number of anilines is 1. The van der Waals surface area contributed by atoms with Crippen molar-refractivity contribution >= 4 is 43.8 Å². The summed E-state index contributed by atoms with van der Waals surface area (Å²) in [4.78, 5) is 20.2. The molecule has 6 nitrogen and oxygen atoms in total. The van der Waals surface area contributed by atoms with E-state index >= 15 is 0 Å². The molecular weight excluding hydrogens is 649 g/mol. The number of nitrogens with two attached hydrogens (primary N) is 1. The van der Waals surface area contributed by atoms with Gasteiger partial charge in [0.05, 0.1) is 33.8 Å². The Morgan fingerprint density at radius 1 is 0.528 bits per heavy atom. The molecule has 0 amide bonds. The Morgan fingerprint density at radius 3 is 2.13 bits per heavy atom. The first kappa shape index (κ1) is 31.8. The van der Waals surface area contributed by atoms with E-state index in [1.807, 2.05) is 49.8 Å². The fourth-order valence-electron chi connectivity index (χ4n) is 7.02. The van der Waals surface area contributed by atoms with Crippen molar-refractivity contribution in [2.24, 2.45) is 0 Å². The molecule has 3 aromatic heterocycles. The minimum atomic E-state index is 0.582. The maximum absolute atomic E-state index is 7.07. The monoisotopic (exact) mass is 682 g/mol. The van der Waals surface area contributed by atoms with Crippen LogP contribution in [-0.2, 0) is 0 Å². The maximum atomic E-state index is 7.07. The molecule has 0 spiro atoms. The zero-order chi connectivity index (χ0) is 35.7. The van der Waals surface area contributed by atoms with Gasteiger partial charge in [0.2, 0.25) is 0 Å². The highest BCUT2D eigenvalue weighted by Crippen LogP contribution is 2.36. The van der Waals surface area contributed by atoms with Crippen molar-refractivity contribution in [3.8, 4) is 45.0 Å². The number of hydrogen-bond acceptors (Lipinski definition) is 6. The van der Waals surface area contributed by atoms with Crippen LogP contribution in [0.5, 0.6) is 0 Å². The van der Waals surface area contributed by atoms with Crippen molar-refractivity contribution in [3.63, 3.8) is 0 Å². The molecule has 0 saturated carbocycles. The van der Waals surface area contributed by atoms with Gasteiger partial charge in [0.15, 0.2) is 5.82 Å². The molecule has 252 valence electrons. The highest BCUT2D eigenvalue weighted by Gasteiger charge is 2.18. The number of fused-ring (bicyclic) bond motifs is 3. The summed E-state index contributed by atoms with van der Waals surface area (Å²) in [5, 5.41) is 7.67.